The molecule has 0 bridgehead atoms. The standard InChI is InChI=1S/C21H14Cl2F3N3O4/c1-11-5-12(3-4-16(11)18(30)29(10-27)19(31)32-2)17-9-20(33-28-17,21(24,25)26)13-6-14(22)8-15(23)7-13/h3-8H,9H2,1-2H3. The molecule has 0 saturated carbocycles. The Morgan fingerprint density at radius 3 is 2.36 bits per heavy atom. The van der Waals surface area contributed by atoms with Crippen molar-refractivity contribution in [2.45, 2.75) is 25.1 Å². The summed E-state index contributed by atoms with van der Waals surface area (Å²) in [4.78, 5) is 29.3. The van der Waals surface area contributed by atoms with E-state index in [2.05, 4.69) is 9.89 Å². The first-order valence-corrected chi connectivity index (χ1v) is 9.90. The van der Waals surface area contributed by atoms with Crippen molar-refractivity contribution in [3.8, 4) is 6.19 Å². The minimum atomic E-state index is -4.86. The quantitative estimate of drug-likeness (QED) is 0.406. The van der Waals surface area contributed by atoms with Crippen LogP contribution in [0.4, 0.5) is 18.0 Å². The molecule has 7 nitrogen and oxygen atoms in total. The van der Waals surface area contributed by atoms with Crippen molar-refractivity contribution >= 4 is 40.9 Å². The Balaban J connectivity index is 1.96. The Kier molecular flexibility index (Phi) is 6.58. The van der Waals surface area contributed by atoms with Crippen molar-refractivity contribution in [3.63, 3.8) is 0 Å². The lowest BCUT2D eigenvalue weighted by atomic mass is 9.86. The predicted octanol–water partition coefficient (Wildman–Crippen LogP) is 5.57. The van der Waals surface area contributed by atoms with E-state index in [-0.39, 0.29) is 37.3 Å². The average molecular weight is 500 g/mol. The molecule has 0 spiro atoms. The van der Waals surface area contributed by atoms with Gasteiger partial charge in [0.1, 0.15) is 0 Å². The number of alkyl halides is 3. The number of oxime groups is 1. The van der Waals surface area contributed by atoms with E-state index in [0.717, 1.165) is 19.2 Å². The largest absolute Gasteiger partial charge is 0.452 e. The van der Waals surface area contributed by atoms with Crippen LogP contribution in [0.1, 0.15) is 33.5 Å². The van der Waals surface area contributed by atoms with Crippen LogP contribution in [-0.2, 0) is 15.2 Å². The number of ether oxygens (including phenoxy) is 1. The number of amides is 2. The Bertz CT molecular complexity index is 1190. The maximum atomic E-state index is 14.1. The predicted molar refractivity (Wildman–Crippen MR) is 112 cm³/mol. The third-order valence-corrected chi connectivity index (χ3v) is 5.40. The van der Waals surface area contributed by atoms with Crippen LogP contribution in [0, 0.1) is 18.4 Å². The number of imide groups is 1. The molecule has 1 heterocycles. The number of nitriles is 1. The third-order valence-electron chi connectivity index (χ3n) is 4.97. The van der Waals surface area contributed by atoms with Crippen LogP contribution in [0.15, 0.2) is 41.6 Å². The van der Waals surface area contributed by atoms with Crippen LogP contribution < -0.4 is 0 Å². The van der Waals surface area contributed by atoms with Gasteiger partial charge in [0.05, 0.1) is 12.8 Å². The molecule has 0 aliphatic carbocycles. The van der Waals surface area contributed by atoms with E-state index in [1.807, 2.05) is 0 Å². The summed E-state index contributed by atoms with van der Waals surface area (Å²) in [6.45, 7) is 1.49. The fraction of sp³-hybridized carbons (Fsp3) is 0.238. The van der Waals surface area contributed by atoms with E-state index in [1.54, 1.807) is 0 Å². The second-order valence-corrected chi connectivity index (χ2v) is 7.90. The zero-order valence-electron chi connectivity index (χ0n) is 17.0. The molecule has 0 fully saturated rings. The number of carbonyl (C=O) groups excluding carboxylic acids is 2. The van der Waals surface area contributed by atoms with Gasteiger partial charge in [0, 0.05) is 27.6 Å². The molecule has 1 unspecified atom stereocenters. The number of hydrogen-bond acceptors (Lipinski definition) is 6. The van der Waals surface area contributed by atoms with Gasteiger partial charge in [0.25, 0.3) is 11.5 Å². The minimum absolute atomic E-state index is 0.00420. The monoisotopic (exact) mass is 499 g/mol. The van der Waals surface area contributed by atoms with Crippen LogP contribution in [0.2, 0.25) is 10.0 Å². The van der Waals surface area contributed by atoms with Gasteiger partial charge < -0.3 is 9.57 Å². The van der Waals surface area contributed by atoms with Crippen LogP contribution in [0.3, 0.4) is 0 Å². The molecule has 0 N–H and O–H groups in total. The SMILES string of the molecule is COC(=O)N(C#N)C(=O)c1ccc(C2=NOC(c3cc(Cl)cc(Cl)c3)(C(F)(F)F)C2)cc1C. The molecule has 0 saturated heterocycles. The summed E-state index contributed by atoms with van der Waals surface area (Å²) in [6, 6.07) is 7.52. The zero-order valence-corrected chi connectivity index (χ0v) is 18.5. The topological polar surface area (TPSA) is 92.0 Å². The third kappa shape index (κ3) is 4.47. The van der Waals surface area contributed by atoms with Gasteiger partial charge in [-0.2, -0.15) is 18.4 Å². The van der Waals surface area contributed by atoms with Gasteiger partial charge in [-0.1, -0.05) is 34.4 Å². The van der Waals surface area contributed by atoms with Gasteiger partial charge in [-0.05, 0) is 48.4 Å². The summed E-state index contributed by atoms with van der Waals surface area (Å²) in [5.41, 5.74) is -2.62. The molecule has 2 amide bonds. The molecule has 2 aromatic carbocycles. The van der Waals surface area contributed by atoms with Gasteiger partial charge in [-0.15, -0.1) is 4.90 Å². The first-order valence-electron chi connectivity index (χ1n) is 9.15. The Hall–Kier alpha value is -3.29. The van der Waals surface area contributed by atoms with Crippen LogP contribution in [0.5, 0.6) is 0 Å². The maximum absolute atomic E-state index is 14.1. The van der Waals surface area contributed by atoms with Crippen LogP contribution in [-0.4, -0.2) is 35.9 Å². The van der Waals surface area contributed by atoms with E-state index in [4.69, 9.17) is 33.3 Å². The number of hydrogen-bond donors (Lipinski definition) is 0. The molecule has 1 atom stereocenters. The number of methoxy groups -OCH3 is 1. The number of benzene rings is 2. The maximum Gasteiger partial charge on any atom is 0.435 e. The van der Waals surface area contributed by atoms with Crippen molar-refractivity contribution in [3.05, 3.63) is 68.7 Å². The molecule has 1 aliphatic heterocycles. The lowest BCUT2D eigenvalue weighted by Crippen LogP contribution is -2.42. The molecule has 33 heavy (non-hydrogen) atoms. The molecule has 172 valence electrons. The zero-order chi connectivity index (χ0) is 24.6. The Morgan fingerprint density at radius 1 is 1.21 bits per heavy atom. The molecule has 1 aliphatic rings. The molecular weight excluding hydrogens is 486 g/mol. The second-order valence-electron chi connectivity index (χ2n) is 7.03. The smallest absolute Gasteiger partial charge is 0.435 e. The number of aryl methyl sites for hydroxylation is 1. The number of halogens is 5. The number of rotatable bonds is 3. The highest BCUT2D eigenvalue weighted by atomic mass is 35.5. The van der Waals surface area contributed by atoms with Crippen molar-refractivity contribution in [2.24, 2.45) is 5.16 Å². The summed E-state index contributed by atoms with van der Waals surface area (Å²) < 4.78 is 46.8. The Morgan fingerprint density at radius 2 is 1.85 bits per heavy atom. The molecule has 0 radical (unpaired) electrons. The minimum Gasteiger partial charge on any atom is -0.452 e. The first-order chi connectivity index (χ1) is 15.4. The van der Waals surface area contributed by atoms with Crippen molar-refractivity contribution in [1.82, 2.24) is 4.90 Å². The van der Waals surface area contributed by atoms with Crippen LogP contribution in [0.25, 0.3) is 0 Å². The van der Waals surface area contributed by atoms with E-state index in [0.29, 0.717) is 5.56 Å². The highest BCUT2D eigenvalue weighted by Crippen LogP contribution is 2.49. The first kappa shape index (κ1) is 24.4. The van der Waals surface area contributed by atoms with E-state index in [1.165, 1.54) is 37.4 Å². The van der Waals surface area contributed by atoms with E-state index >= 15 is 0 Å². The van der Waals surface area contributed by atoms with Gasteiger partial charge in [-0.3, -0.25) is 4.79 Å². The summed E-state index contributed by atoms with van der Waals surface area (Å²) in [5.74, 6) is -0.948. The molecule has 3 rings (SSSR count). The lowest BCUT2D eigenvalue weighted by molar-refractivity contribution is -0.275. The normalized spacial score (nSPS) is 17.6. The molecule has 12 heteroatoms. The molecule has 2 aromatic rings. The Labute approximate surface area is 195 Å². The van der Waals surface area contributed by atoms with Crippen molar-refractivity contribution < 1.29 is 32.3 Å². The number of nitrogens with zero attached hydrogens (tertiary/aromatic N) is 3. The van der Waals surface area contributed by atoms with Gasteiger partial charge in [0.15, 0.2) is 6.19 Å². The van der Waals surface area contributed by atoms with Crippen LogP contribution >= 0.6 is 23.2 Å². The molecular formula is C21H14Cl2F3N3O4. The summed E-state index contributed by atoms with van der Waals surface area (Å²) in [7, 11) is 1.01. The summed E-state index contributed by atoms with van der Waals surface area (Å²) >= 11 is 11.8. The van der Waals surface area contributed by atoms with Crippen molar-refractivity contribution in [2.75, 3.05) is 7.11 Å². The highest BCUT2D eigenvalue weighted by Gasteiger charge is 2.62. The summed E-state index contributed by atoms with van der Waals surface area (Å²) in [6.07, 6.45) is -5.28. The lowest BCUT2D eigenvalue weighted by Gasteiger charge is -2.29. The average Bonchev–Trinajstić information content (AvgIpc) is 3.20. The second kappa shape index (κ2) is 8.92. The number of carbonyl (C=O) groups is 2. The van der Waals surface area contributed by atoms with E-state index < -0.39 is 30.2 Å². The fourth-order valence-corrected chi connectivity index (χ4v) is 3.84. The van der Waals surface area contributed by atoms with Gasteiger partial charge in [0.2, 0.25) is 0 Å². The van der Waals surface area contributed by atoms with Crippen molar-refractivity contribution in [1.29, 1.82) is 5.26 Å². The summed E-state index contributed by atoms with van der Waals surface area (Å²) in [5, 5.41) is 12.7. The van der Waals surface area contributed by atoms with E-state index in [9.17, 15) is 22.8 Å². The van der Waals surface area contributed by atoms with Gasteiger partial charge >= 0.3 is 12.3 Å². The highest BCUT2D eigenvalue weighted by molar-refractivity contribution is 6.34. The van der Waals surface area contributed by atoms with Gasteiger partial charge in [-0.25, -0.2) is 4.79 Å². The molecule has 0 aromatic heterocycles. The fourth-order valence-electron chi connectivity index (χ4n) is 3.31.